The zero-order chi connectivity index (χ0) is 36.2. The molecule has 0 unspecified atom stereocenters. The number of hydrogen-bond acceptors (Lipinski definition) is 7. The fourth-order valence-corrected chi connectivity index (χ4v) is 7.08. The van der Waals surface area contributed by atoms with Gasteiger partial charge in [-0.15, -0.1) is 11.8 Å². The highest BCUT2D eigenvalue weighted by atomic mass is 32.2. The maximum absolute atomic E-state index is 12.4. The predicted octanol–water partition coefficient (Wildman–Crippen LogP) is 7.44. The summed E-state index contributed by atoms with van der Waals surface area (Å²) in [5.41, 5.74) is 6.07. The van der Waals surface area contributed by atoms with E-state index in [1.165, 1.54) is 6.92 Å². The first-order chi connectivity index (χ1) is 24.7. The van der Waals surface area contributed by atoms with Gasteiger partial charge in [0.1, 0.15) is 0 Å². The van der Waals surface area contributed by atoms with Gasteiger partial charge in [0.25, 0.3) is 0 Å². The summed E-state index contributed by atoms with van der Waals surface area (Å²) in [4.78, 5) is 35.6. The van der Waals surface area contributed by atoms with Gasteiger partial charge >= 0.3 is 5.97 Å². The molecule has 1 aliphatic heterocycles. The normalized spacial score (nSPS) is 18.6. The second kappa shape index (κ2) is 18.7. The van der Waals surface area contributed by atoms with Crippen LogP contribution in [0.1, 0.15) is 84.5 Å². The minimum atomic E-state index is -0.951. The quantitative estimate of drug-likeness (QED) is 0.0697. The summed E-state index contributed by atoms with van der Waals surface area (Å²) < 4.78 is 13.2. The van der Waals surface area contributed by atoms with Crippen molar-refractivity contribution in [3.8, 4) is 11.1 Å². The Hall–Kier alpha value is -4.48. The van der Waals surface area contributed by atoms with Crippen molar-refractivity contribution in [3.63, 3.8) is 0 Å². The van der Waals surface area contributed by atoms with Gasteiger partial charge in [-0.2, -0.15) is 0 Å². The Balaban J connectivity index is 1.23. The SMILES string of the molecule is CC(=O)NCCCCCC(=O)NCc1cccc(-c2ccc([C@@H]3O[C@H](CSc4ccc(C(=O)O)cc4)[C@H](C)[C@H](c4ccc(CO)cc4)O3)cc2)c1. The minimum Gasteiger partial charge on any atom is -0.478 e. The topological polar surface area (TPSA) is 134 Å². The van der Waals surface area contributed by atoms with Crippen LogP contribution in [0.5, 0.6) is 0 Å². The minimum absolute atomic E-state index is 0.0153. The van der Waals surface area contributed by atoms with E-state index < -0.39 is 12.3 Å². The third-order valence-corrected chi connectivity index (χ3v) is 10.1. The van der Waals surface area contributed by atoms with Gasteiger partial charge in [0.05, 0.1) is 24.4 Å². The van der Waals surface area contributed by atoms with Crippen LogP contribution in [0.15, 0.2) is 102 Å². The van der Waals surface area contributed by atoms with Gasteiger partial charge in [-0.25, -0.2) is 4.79 Å². The van der Waals surface area contributed by atoms with E-state index in [9.17, 15) is 24.6 Å². The Kier molecular flexibility index (Phi) is 13.8. The Bertz CT molecular complexity index is 1750. The number of benzene rings is 4. The molecule has 4 aromatic carbocycles. The van der Waals surface area contributed by atoms with E-state index in [4.69, 9.17) is 9.47 Å². The zero-order valence-corrected chi connectivity index (χ0v) is 29.9. The summed E-state index contributed by atoms with van der Waals surface area (Å²) in [6.45, 7) is 4.68. The summed E-state index contributed by atoms with van der Waals surface area (Å²) in [7, 11) is 0. The number of amides is 2. The molecule has 5 rings (SSSR count). The number of unbranched alkanes of at least 4 members (excludes halogenated alkanes) is 2. The fraction of sp³-hybridized carbons (Fsp3) is 0.341. The molecule has 2 amide bonds. The summed E-state index contributed by atoms with van der Waals surface area (Å²) in [5, 5.41) is 24.6. The number of aliphatic hydroxyl groups is 1. The van der Waals surface area contributed by atoms with Crippen LogP contribution in [-0.4, -0.2) is 46.4 Å². The lowest BCUT2D eigenvalue weighted by Crippen LogP contribution is -2.38. The molecule has 0 aromatic heterocycles. The van der Waals surface area contributed by atoms with Crippen LogP contribution in [-0.2, 0) is 32.2 Å². The maximum atomic E-state index is 12.4. The number of rotatable bonds is 16. The van der Waals surface area contributed by atoms with Crippen LogP contribution in [0.2, 0.25) is 0 Å². The summed E-state index contributed by atoms with van der Waals surface area (Å²) in [6.07, 6.45) is 1.97. The zero-order valence-electron chi connectivity index (χ0n) is 29.0. The lowest BCUT2D eigenvalue weighted by atomic mass is 9.91. The van der Waals surface area contributed by atoms with E-state index in [1.807, 2.05) is 66.7 Å². The van der Waals surface area contributed by atoms with Gasteiger partial charge in [0.2, 0.25) is 11.8 Å². The third kappa shape index (κ3) is 11.0. The van der Waals surface area contributed by atoms with Crippen molar-refractivity contribution >= 4 is 29.5 Å². The number of thioether (sulfide) groups is 1. The highest BCUT2D eigenvalue weighted by molar-refractivity contribution is 7.99. The van der Waals surface area contributed by atoms with Gasteiger partial charge in [-0.1, -0.05) is 80.1 Å². The lowest BCUT2D eigenvalue weighted by Gasteiger charge is -2.41. The molecule has 0 aliphatic carbocycles. The average Bonchev–Trinajstić information content (AvgIpc) is 3.15. The highest BCUT2D eigenvalue weighted by Gasteiger charge is 2.38. The van der Waals surface area contributed by atoms with E-state index in [0.29, 0.717) is 25.3 Å². The molecule has 0 spiro atoms. The van der Waals surface area contributed by atoms with Gasteiger partial charge in [0, 0.05) is 48.6 Å². The molecule has 1 saturated heterocycles. The molecular formula is C41H46N2O7S. The third-order valence-electron chi connectivity index (χ3n) is 9.03. The van der Waals surface area contributed by atoms with Gasteiger partial charge in [0.15, 0.2) is 6.29 Å². The van der Waals surface area contributed by atoms with Crippen molar-refractivity contribution in [2.24, 2.45) is 5.92 Å². The van der Waals surface area contributed by atoms with Gasteiger partial charge in [-0.3, -0.25) is 9.59 Å². The molecule has 4 atom stereocenters. The molecule has 0 saturated carbocycles. The van der Waals surface area contributed by atoms with E-state index in [2.05, 4.69) is 35.8 Å². The molecule has 1 fully saturated rings. The van der Waals surface area contributed by atoms with Gasteiger partial charge < -0.3 is 30.3 Å². The van der Waals surface area contributed by atoms with Crippen LogP contribution in [0.25, 0.3) is 11.1 Å². The number of hydrogen-bond donors (Lipinski definition) is 4. The molecule has 4 aromatic rings. The first kappa shape index (κ1) is 37.8. The second-order valence-corrected chi connectivity index (χ2v) is 13.9. The number of carboxylic acids is 1. The number of carbonyl (C=O) groups excluding carboxylic acids is 2. The standard InChI is InChI=1S/C41H46N2O7S/c1-27-37(26-51-36-20-18-33(19-21-36)40(47)48)49-41(50-39(27)32-12-10-29(25-44)11-13-32)34-16-14-31(15-17-34)35-8-6-7-30(23-35)24-43-38(46)9-4-3-5-22-42-28(2)45/h6-8,10-21,23,27,37,39,41,44H,3-5,9,22,24-26H2,1-2H3,(H,42,45)(H,43,46)(H,47,48)/t27-,37+,39+,41+/m0/s1. The van der Waals surface area contributed by atoms with Crippen molar-refractivity contribution < 1.29 is 34.1 Å². The summed E-state index contributed by atoms with van der Waals surface area (Å²) >= 11 is 1.62. The highest BCUT2D eigenvalue weighted by Crippen LogP contribution is 2.43. The molecule has 1 aliphatic rings. The molecular weight excluding hydrogens is 665 g/mol. The number of carboxylic acid groups (broad SMARTS) is 1. The first-order valence-electron chi connectivity index (χ1n) is 17.4. The van der Waals surface area contributed by atoms with Crippen molar-refractivity contribution in [1.29, 1.82) is 0 Å². The van der Waals surface area contributed by atoms with E-state index >= 15 is 0 Å². The summed E-state index contributed by atoms with van der Waals surface area (Å²) in [6, 6.07) is 31.0. The van der Waals surface area contributed by atoms with Crippen molar-refractivity contribution in [1.82, 2.24) is 10.6 Å². The van der Waals surface area contributed by atoms with Gasteiger partial charge in [-0.05, 0) is 71.0 Å². The molecule has 268 valence electrons. The number of ether oxygens (including phenoxy) is 2. The van der Waals surface area contributed by atoms with Crippen LogP contribution in [0.3, 0.4) is 0 Å². The van der Waals surface area contributed by atoms with Crippen molar-refractivity contribution in [2.75, 3.05) is 12.3 Å². The van der Waals surface area contributed by atoms with E-state index in [-0.39, 0.29) is 42.1 Å². The largest absolute Gasteiger partial charge is 0.478 e. The Morgan fingerprint density at radius 1 is 0.784 bits per heavy atom. The average molecular weight is 711 g/mol. The maximum Gasteiger partial charge on any atom is 0.335 e. The van der Waals surface area contributed by atoms with E-state index in [1.54, 1.807) is 23.9 Å². The number of aliphatic hydroxyl groups excluding tert-OH is 1. The lowest BCUT2D eigenvalue weighted by molar-refractivity contribution is -0.268. The van der Waals surface area contributed by atoms with Crippen LogP contribution >= 0.6 is 11.8 Å². The molecule has 4 N–H and O–H groups in total. The molecule has 10 heteroatoms. The Morgan fingerprint density at radius 3 is 2.20 bits per heavy atom. The molecule has 1 heterocycles. The molecule has 0 bridgehead atoms. The monoisotopic (exact) mass is 710 g/mol. The van der Waals surface area contributed by atoms with Crippen LogP contribution in [0.4, 0.5) is 0 Å². The molecule has 9 nitrogen and oxygen atoms in total. The second-order valence-electron chi connectivity index (χ2n) is 12.9. The Labute approximate surface area is 303 Å². The Morgan fingerprint density at radius 2 is 1.51 bits per heavy atom. The van der Waals surface area contributed by atoms with Crippen molar-refractivity contribution in [2.45, 2.75) is 76.1 Å². The van der Waals surface area contributed by atoms with Crippen LogP contribution < -0.4 is 10.6 Å². The van der Waals surface area contributed by atoms with E-state index in [0.717, 1.165) is 57.5 Å². The molecule has 0 radical (unpaired) electrons. The molecule has 51 heavy (non-hydrogen) atoms. The summed E-state index contributed by atoms with van der Waals surface area (Å²) in [5.74, 6) is -0.300. The first-order valence-corrected chi connectivity index (χ1v) is 18.4. The number of aromatic carboxylic acids is 1. The fourth-order valence-electron chi connectivity index (χ4n) is 6.02. The smallest absolute Gasteiger partial charge is 0.335 e. The number of carbonyl (C=O) groups is 3. The number of nitrogens with one attached hydrogen (secondary N) is 2. The van der Waals surface area contributed by atoms with Crippen molar-refractivity contribution in [3.05, 3.63) is 125 Å². The predicted molar refractivity (Wildman–Crippen MR) is 198 cm³/mol. The van der Waals surface area contributed by atoms with Crippen LogP contribution in [0, 0.1) is 5.92 Å².